The van der Waals surface area contributed by atoms with Crippen molar-refractivity contribution in [3.8, 4) is 0 Å². The summed E-state index contributed by atoms with van der Waals surface area (Å²) in [6.45, 7) is 2.02. The fraction of sp³-hybridized carbons (Fsp3) is 0.211. The first kappa shape index (κ1) is 16.6. The Hall–Kier alpha value is -2.27. The Bertz CT molecular complexity index is 879. The molecule has 4 nitrogen and oxygen atoms in total. The maximum atomic E-state index is 11.9. The van der Waals surface area contributed by atoms with Crippen LogP contribution in [0.2, 0.25) is 0 Å². The first-order chi connectivity index (χ1) is 11.7. The van der Waals surface area contributed by atoms with Gasteiger partial charge >= 0.3 is 0 Å². The van der Waals surface area contributed by atoms with Crippen molar-refractivity contribution >= 4 is 44.1 Å². The summed E-state index contributed by atoms with van der Waals surface area (Å²) in [5, 5.41) is 4.24. The van der Waals surface area contributed by atoms with E-state index < -0.39 is 0 Å². The third kappa shape index (κ3) is 3.97. The SMILES string of the molecule is CCCC(=O)Cc1ccc2ncnc(Nc3cccc(Br)c3)c2c1. The van der Waals surface area contributed by atoms with Crippen molar-refractivity contribution in [2.75, 3.05) is 5.32 Å². The number of ketones is 1. The molecule has 3 rings (SSSR count). The molecule has 5 heteroatoms. The molecule has 0 spiro atoms. The van der Waals surface area contributed by atoms with Crippen LogP contribution in [-0.2, 0) is 11.2 Å². The molecule has 0 aliphatic carbocycles. The highest BCUT2D eigenvalue weighted by molar-refractivity contribution is 9.10. The summed E-state index contributed by atoms with van der Waals surface area (Å²) in [6.07, 6.45) is 3.50. The highest BCUT2D eigenvalue weighted by Crippen LogP contribution is 2.25. The van der Waals surface area contributed by atoms with E-state index >= 15 is 0 Å². The Kier molecular flexibility index (Phi) is 5.20. The second kappa shape index (κ2) is 7.53. The molecular formula is C19H18BrN3O. The maximum Gasteiger partial charge on any atom is 0.141 e. The van der Waals surface area contributed by atoms with Crippen LogP contribution in [-0.4, -0.2) is 15.8 Å². The number of nitrogens with zero attached hydrogens (tertiary/aromatic N) is 2. The molecule has 1 heterocycles. The number of benzene rings is 2. The van der Waals surface area contributed by atoms with E-state index in [0.29, 0.717) is 12.8 Å². The van der Waals surface area contributed by atoms with E-state index in [1.54, 1.807) is 6.33 Å². The lowest BCUT2D eigenvalue weighted by Crippen LogP contribution is -2.02. The van der Waals surface area contributed by atoms with Gasteiger partial charge in [0.15, 0.2) is 0 Å². The van der Waals surface area contributed by atoms with Gasteiger partial charge in [-0.15, -0.1) is 0 Å². The molecule has 0 aliphatic heterocycles. The zero-order valence-corrected chi connectivity index (χ0v) is 15.0. The third-order valence-electron chi connectivity index (χ3n) is 3.72. The Labute approximate surface area is 149 Å². The monoisotopic (exact) mass is 383 g/mol. The highest BCUT2D eigenvalue weighted by Gasteiger charge is 2.08. The molecule has 0 saturated heterocycles. The lowest BCUT2D eigenvalue weighted by atomic mass is 10.0. The standard InChI is InChI=1S/C19H18BrN3O/c1-2-4-16(24)9-13-7-8-18-17(10-13)19(22-12-21-18)23-15-6-3-5-14(20)11-15/h3,5-8,10-12H,2,4,9H2,1H3,(H,21,22,23). The Morgan fingerprint density at radius 2 is 2.04 bits per heavy atom. The van der Waals surface area contributed by atoms with Crippen molar-refractivity contribution in [2.45, 2.75) is 26.2 Å². The van der Waals surface area contributed by atoms with Crippen molar-refractivity contribution in [1.29, 1.82) is 0 Å². The summed E-state index contributed by atoms with van der Waals surface area (Å²) in [5.74, 6) is 0.998. The lowest BCUT2D eigenvalue weighted by Gasteiger charge is -2.10. The van der Waals surface area contributed by atoms with Crippen molar-refractivity contribution < 1.29 is 4.79 Å². The minimum atomic E-state index is 0.259. The molecular weight excluding hydrogens is 366 g/mol. The topological polar surface area (TPSA) is 54.9 Å². The number of Topliss-reactive ketones (excluding diaryl/α,β-unsaturated/α-hetero) is 1. The predicted octanol–water partition coefficient (Wildman–Crippen LogP) is 5.05. The van der Waals surface area contributed by atoms with Crippen LogP contribution in [0.15, 0.2) is 53.3 Å². The van der Waals surface area contributed by atoms with Crippen LogP contribution >= 0.6 is 15.9 Å². The number of fused-ring (bicyclic) bond motifs is 1. The summed E-state index contributed by atoms with van der Waals surface area (Å²) in [6, 6.07) is 13.8. The number of rotatable bonds is 6. The molecule has 0 aliphatic rings. The van der Waals surface area contributed by atoms with E-state index in [4.69, 9.17) is 0 Å². The fourth-order valence-electron chi connectivity index (χ4n) is 2.61. The maximum absolute atomic E-state index is 11.9. The van der Waals surface area contributed by atoms with Gasteiger partial charge < -0.3 is 5.32 Å². The molecule has 1 N–H and O–H groups in total. The predicted molar refractivity (Wildman–Crippen MR) is 101 cm³/mol. The van der Waals surface area contributed by atoms with E-state index in [1.807, 2.05) is 49.4 Å². The Balaban J connectivity index is 1.94. The van der Waals surface area contributed by atoms with Crippen LogP contribution in [0.3, 0.4) is 0 Å². The van der Waals surface area contributed by atoms with Gasteiger partial charge in [-0.2, -0.15) is 0 Å². The van der Waals surface area contributed by atoms with E-state index in [1.165, 1.54) is 0 Å². The minimum Gasteiger partial charge on any atom is -0.340 e. The fourth-order valence-corrected chi connectivity index (χ4v) is 3.01. The number of carbonyl (C=O) groups is 1. The van der Waals surface area contributed by atoms with Gasteiger partial charge in [0, 0.05) is 28.4 Å². The van der Waals surface area contributed by atoms with Crippen LogP contribution in [0.25, 0.3) is 10.9 Å². The molecule has 0 atom stereocenters. The van der Waals surface area contributed by atoms with Crippen LogP contribution in [0.1, 0.15) is 25.3 Å². The molecule has 0 fully saturated rings. The molecule has 24 heavy (non-hydrogen) atoms. The number of aromatic nitrogens is 2. The second-order valence-electron chi connectivity index (χ2n) is 5.67. The van der Waals surface area contributed by atoms with Gasteiger partial charge in [-0.05, 0) is 42.3 Å². The molecule has 1 aromatic heterocycles. The van der Waals surface area contributed by atoms with Gasteiger partial charge in [0.05, 0.1) is 5.52 Å². The highest BCUT2D eigenvalue weighted by atomic mass is 79.9. The summed E-state index contributed by atoms with van der Waals surface area (Å²) < 4.78 is 0.997. The minimum absolute atomic E-state index is 0.259. The lowest BCUT2D eigenvalue weighted by molar-refractivity contribution is -0.118. The van der Waals surface area contributed by atoms with Crippen LogP contribution in [0, 0.1) is 0 Å². The van der Waals surface area contributed by atoms with Gasteiger partial charge in [0.2, 0.25) is 0 Å². The van der Waals surface area contributed by atoms with E-state index in [9.17, 15) is 4.79 Å². The molecule has 3 aromatic rings. The first-order valence-electron chi connectivity index (χ1n) is 7.93. The third-order valence-corrected chi connectivity index (χ3v) is 4.21. The second-order valence-corrected chi connectivity index (χ2v) is 6.59. The van der Waals surface area contributed by atoms with Crippen molar-refractivity contribution in [2.24, 2.45) is 0 Å². The normalized spacial score (nSPS) is 10.8. The number of anilines is 2. The number of carbonyl (C=O) groups excluding carboxylic acids is 1. The Morgan fingerprint density at radius 1 is 1.17 bits per heavy atom. The molecule has 0 amide bonds. The Morgan fingerprint density at radius 3 is 2.83 bits per heavy atom. The molecule has 2 aromatic carbocycles. The van der Waals surface area contributed by atoms with Crippen molar-refractivity contribution in [1.82, 2.24) is 9.97 Å². The molecule has 0 radical (unpaired) electrons. The van der Waals surface area contributed by atoms with Gasteiger partial charge in [-0.25, -0.2) is 9.97 Å². The smallest absolute Gasteiger partial charge is 0.141 e. The van der Waals surface area contributed by atoms with Crippen LogP contribution < -0.4 is 5.32 Å². The average Bonchev–Trinajstić information content (AvgIpc) is 2.56. The molecule has 0 saturated carbocycles. The summed E-state index contributed by atoms with van der Waals surface area (Å²) >= 11 is 3.47. The summed E-state index contributed by atoms with van der Waals surface area (Å²) in [5.41, 5.74) is 2.79. The summed E-state index contributed by atoms with van der Waals surface area (Å²) in [7, 11) is 0. The summed E-state index contributed by atoms with van der Waals surface area (Å²) in [4.78, 5) is 20.6. The van der Waals surface area contributed by atoms with Gasteiger partial charge in [-0.3, -0.25) is 4.79 Å². The van der Waals surface area contributed by atoms with Gasteiger partial charge in [-0.1, -0.05) is 35.0 Å². The molecule has 122 valence electrons. The van der Waals surface area contributed by atoms with E-state index in [-0.39, 0.29) is 5.78 Å². The van der Waals surface area contributed by atoms with Crippen molar-refractivity contribution in [3.05, 3.63) is 58.8 Å². The van der Waals surface area contributed by atoms with E-state index in [0.717, 1.165) is 38.9 Å². The number of hydrogen-bond donors (Lipinski definition) is 1. The zero-order valence-electron chi connectivity index (χ0n) is 13.4. The van der Waals surface area contributed by atoms with E-state index in [2.05, 4.69) is 31.2 Å². The van der Waals surface area contributed by atoms with Gasteiger partial charge in [0.1, 0.15) is 17.9 Å². The number of nitrogens with one attached hydrogen (secondary N) is 1. The van der Waals surface area contributed by atoms with Crippen LogP contribution in [0.4, 0.5) is 11.5 Å². The number of hydrogen-bond acceptors (Lipinski definition) is 4. The molecule has 0 bridgehead atoms. The quantitative estimate of drug-likeness (QED) is 0.646. The zero-order chi connectivity index (χ0) is 16.9. The first-order valence-corrected chi connectivity index (χ1v) is 8.73. The van der Waals surface area contributed by atoms with Gasteiger partial charge in [0.25, 0.3) is 0 Å². The van der Waals surface area contributed by atoms with Crippen molar-refractivity contribution in [3.63, 3.8) is 0 Å². The van der Waals surface area contributed by atoms with Crippen LogP contribution in [0.5, 0.6) is 0 Å². The molecule has 0 unspecified atom stereocenters. The number of halogens is 1. The average molecular weight is 384 g/mol. The largest absolute Gasteiger partial charge is 0.340 e.